The molecule has 2 nitrogen and oxygen atoms in total. The number of carbonyl (C=O) groups is 1. The number of rotatable bonds is 16. The summed E-state index contributed by atoms with van der Waals surface area (Å²) in [7, 11) is 0. The fourth-order valence-corrected chi connectivity index (χ4v) is 5.21. The van der Waals surface area contributed by atoms with Gasteiger partial charge in [0.15, 0.2) is 0 Å². The van der Waals surface area contributed by atoms with Crippen molar-refractivity contribution in [2.24, 2.45) is 5.92 Å². The number of ether oxygens (including phenoxy) is 1. The summed E-state index contributed by atoms with van der Waals surface area (Å²) in [6, 6.07) is 0. The summed E-state index contributed by atoms with van der Waals surface area (Å²) in [4.78, 5) is 11.8. The Morgan fingerprint density at radius 1 is 0.920 bits per heavy atom. The number of hydrogen-bond donors (Lipinski definition) is 0. The second kappa shape index (κ2) is 17.7. The molecule has 0 aromatic heterocycles. The van der Waals surface area contributed by atoms with Gasteiger partial charge in [-0.1, -0.05) is 78.6 Å². The molecule has 0 heterocycles. The third-order valence-electron chi connectivity index (χ3n) is 4.32. The number of thioether (sulfide) groups is 1. The van der Waals surface area contributed by atoms with E-state index in [0.717, 1.165) is 5.75 Å². The second-order valence-corrected chi connectivity index (χ2v) is 9.88. The van der Waals surface area contributed by atoms with Crippen LogP contribution in [0.4, 0.5) is 0 Å². The Labute approximate surface area is 174 Å². The van der Waals surface area contributed by atoms with Gasteiger partial charge in [0.25, 0.3) is 0 Å². The molecule has 0 rings (SSSR count). The monoisotopic (exact) mass is 482 g/mol. The third-order valence-corrected chi connectivity index (χ3v) is 6.95. The number of esters is 1. The van der Waals surface area contributed by atoms with Gasteiger partial charge in [0.1, 0.15) is 0 Å². The van der Waals surface area contributed by atoms with Crippen molar-refractivity contribution >= 4 is 40.3 Å². The molecule has 0 spiro atoms. The molecular weight excluding hydrogens is 443 g/mol. The maximum Gasteiger partial charge on any atom is 0.309 e. The molecule has 0 fully saturated rings. The van der Waals surface area contributed by atoms with Crippen LogP contribution in [0, 0.1) is 5.92 Å². The van der Waals surface area contributed by atoms with Crippen molar-refractivity contribution in [3.8, 4) is 0 Å². The topological polar surface area (TPSA) is 26.3 Å². The van der Waals surface area contributed by atoms with E-state index < -0.39 is 0 Å². The normalized spacial score (nSPS) is 12.4. The minimum absolute atomic E-state index is 0.0973. The van der Waals surface area contributed by atoms with Gasteiger partial charge >= 0.3 is 5.97 Å². The first kappa shape index (κ1) is 25.3. The summed E-state index contributed by atoms with van der Waals surface area (Å²) < 4.78 is 6.39. The lowest BCUT2D eigenvalue weighted by Gasteiger charge is -2.14. The smallest absolute Gasteiger partial charge is 0.309 e. The standard InChI is InChI=1S/C21H39IO2S/c1-5-7-8-9-10-11-12-13-14-15-16-25-21(22)19(18(3)4)17-20(23)24-6-2/h18H,5-17H2,1-4H3/b21-19-. The van der Waals surface area contributed by atoms with Gasteiger partial charge in [-0.2, -0.15) is 0 Å². The van der Waals surface area contributed by atoms with Gasteiger partial charge in [0.2, 0.25) is 0 Å². The van der Waals surface area contributed by atoms with Gasteiger partial charge < -0.3 is 4.74 Å². The summed E-state index contributed by atoms with van der Waals surface area (Å²) in [5.41, 5.74) is 1.23. The van der Waals surface area contributed by atoms with Gasteiger partial charge in [-0.05, 0) is 53.2 Å². The van der Waals surface area contributed by atoms with Crippen LogP contribution in [-0.4, -0.2) is 18.3 Å². The number of hydrogen-bond acceptors (Lipinski definition) is 3. The highest BCUT2D eigenvalue weighted by atomic mass is 127. The first-order valence-corrected chi connectivity index (χ1v) is 12.3. The fraction of sp³-hybridized carbons (Fsp3) is 0.857. The molecular formula is C21H39IO2S. The van der Waals surface area contributed by atoms with Gasteiger partial charge in [-0.15, -0.1) is 11.8 Å². The predicted octanol–water partition coefficient (Wildman–Crippen LogP) is 7.90. The lowest BCUT2D eigenvalue weighted by atomic mass is 10.0. The SMILES string of the molecule is CCCCCCCCCCCCS/C(I)=C(/CC(=O)OCC)C(C)C. The quantitative estimate of drug-likeness (QED) is 0.127. The van der Waals surface area contributed by atoms with Crippen LogP contribution in [-0.2, 0) is 9.53 Å². The Hall–Kier alpha value is 0.290. The molecule has 0 radical (unpaired) electrons. The van der Waals surface area contributed by atoms with Crippen LogP contribution in [0.3, 0.4) is 0 Å². The highest BCUT2D eigenvalue weighted by Gasteiger charge is 2.14. The first-order valence-electron chi connectivity index (χ1n) is 10.2. The Balaban J connectivity index is 3.83. The highest BCUT2D eigenvalue weighted by Crippen LogP contribution is 2.33. The van der Waals surface area contributed by atoms with E-state index in [-0.39, 0.29) is 5.97 Å². The van der Waals surface area contributed by atoms with Gasteiger partial charge in [-0.3, -0.25) is 4.79 Å². The zero-order valence-corrected chi connectivity index (χ0v) is 19.8. The summed E-state index contributed by atoms with van der Waals surface area (Å²) in [5, 5.41) is 0. The van der Waals surface area contributed by atoms with E-state index >= 15 is 0 Å². The molecule has 148 valence electrons. The Morgan fingerprint density at radius 3 is 1.92 bits per heavy atom. The minimum Gasteiger partial charge on any atom is -0.466 e. The molecule has 25 heavy (non-hydrogen) atoms. The van der Waals surface area contributed by atoms with E-state index in [1.54, 1.807) is 0 Å². The van der Waals surface area contributed by atoms with Gasteiger partial charge in [0, 0.05) is 2.91 Å². The van der Waals surface area contributed by atoms with Crippen LogP contribution in [0.25, 0.3) is 0 Å². The van der Waals surface area contributed by atoms with E-state index in [1.807, 2.05) is 18.7 Å². The van der Waals surface area contributed by atoms with Crippen molar-refractivity contribution in [1.29, 1.82) is 0 Å². The van der Waals surface area contributed by atoms with E-state index in [2.05, 4.69) is 43.4 Å². The maximum atomic E-state index is 11.8. The lowest BCUT2D eigenvalue weighted by Crippen LogP contribution is -2.08. The van der Waals surface area contributed by atoms with E-state index in [4.69, 9.17) is 4.74 Å². The lowest BCUT2D eigenvalue weighted by molar-refractivity contribution is -0.142. The number of halogens is 1. The first-order chi connectivity index (χ1) is 12.0. The molecule has 0 N–H and O–H groups in total. The van der Waals surface area contributed by atoms with E-state index in [9.17, 15) is 4.79 Å². The Kier molecular flexibility index (Phi) is 17.9. The van der Waals surface area contributed by atoms with Crippen LogP contribution in [0.2, 0.25) is 0 Å². The molecule has 0 aromatic rings. The average Bonchev–Trinajstić information content (AvgIpc) is 2.57. The zero-order valence-electron chi connectivity index (χ0n) is 16.9. The Bertz CT molecular complexity index is 367. The maximum absolute atomic E-state index is 11.8. The third kappa shape index (κ3) is 15.1. The van der Waals surface area contributed by atoms with Crippen LogP contribution >= 0.6 is 34.4 Å². The molecule has 0 aliphatic carbocycles. The van der Waals surface area contributed by atoms with Crippen LogP contribution < -0.4 is 0 Å². The van der Waals surface area contributed by atoms with Crippen molar-refractivity contribution in [2.75, 3.05) is 12.4 Å². The molecule has 0 amide bonds. The van der Waals surface area contributed by atoms with Crippen LogP contribution in [0.1, 0.15) is 98.3 Å². The molecule has 0 unspecified atom stereocenters. The van der Waals surface area contributed by atoms with Crippen molar-refractivity contribution in [3.63, 3.8) is 0 Å². The average molecular weight is 483 g/mol. The van der Waals surface area contributed by atoms with E-state index in [0.29, 0.717) is 18.9 Å². The molecule has 0 atom stereocenters. The zero-order chi connectivity index (χ0) is 18.9. The molecule has 0 aliphatic rings. The summed E-state index contributed by atoms with van der Waals surface area (Å²) in [5.74, 6) is 1.46. The minimum atomic E-state index is -0.0973. The summed E-state index contributed by atoms with van der Waals surface area (Å²) in [6.45, 7) is 8.92. The van der Waals surface area contributed by atoms with Crippen LogP contribution in [0.15, 0.2) is 8.48 Å². The molecule has 4 heteroatoms. The molecule has 0 bridgehead atoms. The van der Waals surface area contributed by atoms with Crippen molar-refractivity contribution < 1.29 is 9.53 Å². The fourth-order valence-electron chi connectivity index (χ4n) is 2.71. The number of unbranched alkanes of at least 4 members (excludes halogenated alkanes) is 9. The van der Waals surface area contributed by atoms with Crippen LogP contribution in [0.5, 0.6) is 0 Å². The van der Waals surface area contributed by atoms with Crippen molar-refractivity contribution in [1.82, 2.24) is 0 Å². The molecule has 0 aromatic carbocycles. The predicted molar refractivity (Wildman–Crippen MR) is 121 cm³/mol. The van der Waals surface area contributed by atoms with Crippen molar-refractivity contribution in [3.05, 3.63) is 8.48 Å². The summed E-state index contributed by atoms with van der Waals surface area (Å²) >= 11 is 4.31. The van der Waals surface area contributed by atoms with E-state index in [1.165, 1.54) is 72.7 Å². The second-order valence-electron chi connectivity index (χ2n) is 6.97. The Morgan fingerprint density at radius 2 is 1.44 bits per heavy atom. The largest absolute Gasteiger partial charge is 0.466 e. The molecule has 0 aliphatic heterocycles. The van der Waals surface area contributed by atoms with Crippen molar-refractivity contribution in [2.45, 2.75) is 98.3 Å². The van der Waals surface area contributed by atoms with Gasteiger partial charge in [0.05, 0.1) is 13.0 Å². The van der Waals surface area contributed by atoms with Gasteiger partial charge in [-0.25, -0.2) is 0 Å². The summed E-state index contributed by atoms with van der Waals surface area (Å²) in [6.07, 6.45) is 14.2. The molecule has 0 saturated carbocycles. The highest BCUT2D eigenvalue weighted by molar-refractivity contribution is 14.1. The molecule has 0 saturated heterocycles. The number of carbonyl (C=O) groups excluding carboxylic acids is 1.